The quantitative estimate of drug-likeness (QED) is 0.673. The lowest BCUT2D eigenvalue weighted by atomic mass is 10.2. The topological polar surface area (TPSA) is 54.3 Å². The fourth-order valence-corrected chi connectivity index (χ4v) is 1.70. The number of hydrogen-bond acceptors (Lipinski definition) is 3. The van der Waals surface area contributed by atoms with Crippen LogP contribution in [0.5, 0.6) is 0 Å². The van der Waals surface area contributed by atoms with Crippen LogP contribution in [0.2, 0.25) is 0 Å². The van der Waals surface area contributed by atoms with Crippen LogP contribution in [0.4, 0.5) is 4.39 Å². The minimum atomic E-state index is -0.365. The molecule has 0 aliphatic rings. The van der Waals surface area contributed by atoms with Crippen LogP contribution in [0, 0.1) is 5.82 Å². The van der Waals surface area contributed by atoms with Gasteiger partial charge in [0, 0.05) is 6.08 Å². The molecule has 21 heavy (non-hydrogen) atoms. The summed E-state index contributed by atoms with van der Waals surface area (Å²) in [5.41, 5.74) is 0.723. The van der Waals surface area contributed by atoms with Crippen molar-refractivity contribution in [1.29, 1.82) is 0 Å². The molecule has 1 heterocycles. The maximum absolute atomic E-state index is 12.7. The number of benzene rings is 1. The van der Waals surface area contributed by atoms with Gasteiger partial charge in [-0.05, 0) is 48.1 Å². The summed E-state index contributed by atoms with van der Waals surface area (Å²) >= 11 is 4.98. The van der Waals surface area contributed by atoms with Gasteiger partial charge in [-0.1, -0.05) is 12.1 Å². The Hall–Kier alpha value is -2.47. The average molecular weight is 304 g/mol. The van der Waals surface area contributed by atoms with Gasteiger partial charge in [0.25, 0.3) is 0 Å². The summed E-state index contributed by atoms with van der Waals surface area (Å²) in [4.78, 5) is 11.6. The molecule has 2 rings (SSSR count). The van der Waals surface area contributed by atoms with Gasteiger partial charge in [0.1, 0.15) is 11.6 Å². The molecule has 0 spiro atoms. The molecule has 4 nitrogen and oxygen atoms in total. The van der Waals surface area contributed by atoms with Gasteiger partial charge in [0.05, 0.1) is 12.8 Å². The highest BCUT2D eigenvalue weighted by Crippen LogP contribution is 2.04. The van der Waals surface area contributed by atoms with Crippen molar-refractivity contribution in [2.75, 3.05) is 0 Å². The lowest BCUT2D eigenvalue weighted by Crippen LogP contribution is -2.37. The van der Waals surface area contributed by atoms with Crippen LogP contribution in [0.1, 0.15) is 11.3 Å². The van der Waals surface area contributed by atoms with Gasteiger partial charge in [0.15, 0.2) is 5.11 Å². The molecular weight excluding hydrogens is 291 g/mol. The van der Waals surface area contributed by atoms with Crippen LogP contribution < -0.4 is 10.6 Å². The number of amides is 1. The van der Waals surface area contributed by atoms with Crippen molar-refractivity contribution in [3.8, 4) is 0 Å². The van der Waals surface area contributed by atoms with Crippen LogP contribution >= 0.6 is 12.2 Å². The van der Waals surface area contributed by atoms with E-state index in [0.29, 0.717) is 12.3 Å². The molecule has 1 aromatic heterocycles. The monoisotopic (exact) mass is 304 g/mol. The second-order valence-electron chi connectivity index (χ2n) is 4.14. The summed E-state index contributed by atoms with van der Waals surface area (Å²) in [5, 5.41) is 5.56. The zero-order valence-electron chi connectivity index (χ0n) is 11.0. The Morgan fingerprint density at radius 2 is 2.05 bits per heavy atom. The third-order valence-corrected chi connectivity index (χ3v) is 2.78. The maximum Gasteiger partial charge on any atom is 0.250 e. The van der Waals surface area contributed by atoms with Gasteiger partial charge < -0.3 is 9.73 Å². The van der Waals surface area contributed by atoms with E-state index >= 15 is 0 Å². The Kier molecular flexibility index (Phi) is 5.22. The number of rotatable bonds is 4. The summed E-state index contributed by atoms with van der Waals surface area (Å²) in [6.07, 6.45) is 4.46. The Morgan fingerprint density at radius 1 is 1.29 bits per heavy atom. The molecule has 1 amide bonds. The smallest absolute Gasteiger partial charge is 0.250 e. The first-order chi connectivity index (χ1) is 10.1. The second-order valence-corrected chi connectivity index (χ2v) is 4.54. The van der Waals surface area contributed by atoms with Crippen molar-refractivity contribution in [3.05, 3.63) is 65.9 Å². The minimum Gasteiger partial charge on any atom is -0.467 e. The van der Waals surface area contributed by atoms with E-state index in [1.807, 2.05) is 0 Å². The number of carbonyl (C=O) groups excluding carboxylic acids is 1. The fraction of sp³-hybridized carbons (Fsp3) is 0.0667. The number of thiocarbonyl (C=S) groups is 1. The van der Waals surface area contributed by atoms with Crippen molar-refractivity contribution >= 4 is 29.3 Å². The molecule has 0 unspecified atom stereocenters. The fourth-order valence-electron chi connectivity index (χ4n) is 1.52. The molecule has 0 fully saturated rings. The first-order valence-electron chi connectivity index (χ1n) is 6.18. The third-order valence-electron chi connectivity index (χ3n) is 2.54. The van der Waals surface area contributed by atoms with E-state index in [2.05, 4.69) is 10.6 Å². The van der Waals surface area contributed by atoms with Crippen LogP contribution in [0.15, 0.2) is 53.2 Å². The molecule has 0 bridgehead atoms. The zero-order valence-corrected chi connectivity index (χ0v) is 11.8. The number of furan rings is 1. The van der Waals surface area contributed by atoms with Gasteiger partial charge in [-0.15, -0.1) is 0 Å². The molecule has 0 radical (unpaired) electrons. The lowest BCUT2D eigenvalue weighted by molar-refractivity contribution is -0.115. The normalized spacial score (nSPS) is 10.5. The highest BCUT2D eigenvalue weighted by molar-refractivity contribution is 7.80. The summed E-state index contributed by atoms with van der Waals surface area (Å²) in [6, 6.07) is 9.37. The van der Waals surface area contributed by atoms with Crippen molar-refractivity contribution in [3.63, 3.8) is 0 Å². The van der Waals surface area contributed by atoms with Crippen LogP contribution in [0.25, 0.3) is 6.08 Å². The molecule has 0 aliphatic heterocycles. The predicted octanol–water partition coefficient (Wildman–Crippen LogP) is 2.62. The summed E-state index contributed by atoms with van der Waals surface area (Å²) in [5.74, 6) is 0.0321. The van der Waals surface area contributed by atoms with E-state index in [1.54, 1.807) is 36.6 Å². The first-order valence-corrected chi connectivity index (χ1v) is 6.59. The molecule has 6 heteroatoms. The Bertz CT molecular complexity index is 636. The van der Waals surface area contributed by atoms with E-state index < -0.39 is 0 Å². The first kappa shape index (κ1) is 14.9. The standard InChI is InChI=1S/C15H13FN2O2S/c16-12-6-3-11(4-7-12)5-8-14(19)18-15(21)17-10-13-2-1-9-20-13/h1-9H,10H2,(H2,17,18,19,21)/b8-5+. The molecule has 2 aromatic rings. The molecule has 1 aromatic carbocycles. The zero-order chi connectivity index (χ0) is 15.1. The molecule has 108 valence electrons. The van der Waals surface area contributed by atoms with E-state index in [4.69, 9.17) is 16.6 Å². The van der Waals surface area contributed by atoms with Gasteiger partial charge in [0.2, 0.25) is 5.91 Å². The number of carbonyl (C=O) groups is 1. The largest absolute Gasteiger partial charge is 0.467 e. The number of hydrogen-bond donors (Lipinski definition) is 2. The van der Waals surface area contributed by atoms with Crippen molar-refractivity contribution in [2.45, 2.75) is 6.54 Å². The van der Waals surface area contributed by atoms with Crippen molar-refractivity contribution in [1.82, 2.24) is 10.6 Å². The number of nitrogens with one attached hydrogen (secondary N) is 2. The third kappa shape index (κ3) is 5.19. The van der Waals surface area contributed by atoms with E-state index in [-0.39, 0.29) is 16.8 Å². The Morgan fingerprint density at radius 3 is 2.71 bits per heavy atom. The summed E-state index contributed by atoms with van der Waals surface area (Å²) in [7, 11) is 0. The highest BCUT2D eigenvalue weighted by Gasteiger charge is 2.01. The van der Waals surface area contributed by atoms with Gasteiger partial charge in [-0.3, -0.25) is 10.1 Å². The predicted molar refractivity (Wildman–Crippen MR) is 81.7 cm³/mol. The highest BCUT2D eigenvalue weighted by atomic mass is 32.1. The van der Waals surface area contributed by atoms with Crippen molar-refractivity contribution < 1.29 is 13.6 Å². The van der Waals surface area contributed by atoms with Crippen molar-refractivity contribution in [2.24, 2.45) is 0 Å². The van der Waals surface area contributed by atoms with Crippen LogP contribution in [-0.4, -0.2) is 11.0 Å². The average Bonchev–Trinajstić information content (AvgIpc) is 2.98. The van der Waals surface area contributed by atoms with Gasteiger partial charge in [-0.2, -0.15) is 0 Å². The molecule has 0 saturated carbocycles. The second kappa shape index (κ2) is 7.35. The molecular formula is C15H13FN2O2S. The van der Waals surface area contributed by atoms with E-state index in [9.17, 15) is 9.18 Å². The van der Waals surface area contributed by atoms with Crippen LogP contribution in [0.3, 0.4) is 0 Å². The van der Waals surface area contributed by atoms with Gasteiger partial charge >= 0.3 is 0 Å². The van der Waals surface area contributed by atoms with Crippen LogP contribution in [-0.2, 0) is 11.3 Å². The SMILES string of the molecule is O=C(/C=C/c1ccc(F)cc1)NC(=S)NCc1ccco1. The summed E-state index contributed by atoms with van der Waals surface area (Å²) in [6.45, 7) is 0.397. The number of halogens is 1. The van der Waals surface area contributed by atoms with E-state index in [0.717, 1.165) is 5.56 Å². The molecule has 2 N–H and O–H groups in total. The molecule has 0 atom stereocenters. The maximum atomic E-state index is 12.7. The summed E-state index contributed by atoms with van der Waals surface area (Å²) < 4.78 is 17.8. The lowest BCUT2D eigenvalue weighted by Gasteiger charge is -2.06. The minimum absolute atomic E-state index is 0.208. The van der Waals surface area contributed by atoms with E-state index in [1.165, 1.54) is 18.2 Å². The molecule has 0 aliphatic carbocycles. The van der Waals surface area contributed by atoms with Gasteiger partial charge in [-0.25, -0.2) is 4.39 Å². The Balaban J connectivity index is 1.78. The Labute approximate surface area is 126 Å². The molecule has 0 saturated heterocycles.